The first-order valence-electron chi connectivity index (χ1n) is 11.7. The van der Waals surface area contributed by atoms with Gasteiger partial charge in [-0.05, 0) is 72.9 Å². The molecule has 1 N–H and O–H groups in total. The Morgan fingerprint density at radius 2 is 1.83 bits per heavy atom. The lowest BCUT2D eigenvalue weighted by atomic mass is 10.0. The average Bonchev–Trinajstić information content (AvgIpc) is 3.09. The molecule has 0 aliphatic heterocycles. The Hall–Kier alpha value is -2.37. The Morgan fingerprint density at radius 3 is 2.44 bits per heavy atom. The van der Waals surface area contributed by atoms with Crippen LogP contribution in [0.15, 0.2) is 34.9 Å². The lowest BCUT2D eigenvalue weighted by Crippen LogP contribution is -2.36. The summed E-state index contributed by atoms with van der Waals surface area (Å²) >= 11 is 3.56. The highest BCUT2D eigenvalue weighted by atomic mass is 79.9. The van der Waals surface area contributed by atoms with Crippen LogP contribution in [0, 0.1) is 11.6 Å². The SMILES string of the molecule is CC(C)(C)OC(=O)N[C@@H](Cc1cc(F)cc(F)c1)c1nc2cnn(COCC[Si](C)(C)C)c2cc1Br. The first-order chi connectivity index (χ1) is 16.7. The average molecular weight is 584 g/mol. The van der Waals surface area contributed by atoms with Crippen LogP contribution in [0.4, 0.5) is 13.6 Å². The number of carbonyl (C=O) groups excluding carboxylic acids is 1. The molecule has 0 bridgehead atoms. The summed E-state index contributed by atoms with van der Waals surface area (Å²) < 4.78 is 41.3. The molecule has 0 saturated heterocycles. The van der Waals surface area contributed by atoms with Crippen molar-refractivity contribution in [3.05, 3.63) is 57.8 Å². The minimum atomic E-state index is -1.20. The van der Waals surface area contributed by atoms with Crippen molar-refractivity contribution < 1.29 is 23.0 Å². The largest absolute Gasteiger partial charge is 0.444 e. The number of rotatable bonds is 9. The number of aromatic nitrogens is 3. The van der Waals surface area contributed by atoms with E-state index in [4.69, 9.17) is 14.5 Å². The fourth-order valence-electron chi connectivity index (χ4n) is 3.50. The molecule has 36 heavy (non-hydrogen) atoms. The zero-order chi connectivity index (χ0) is 26.7. The van der Waals surface area contributed by atoms with E-state index in [9.17, 15) is 13.6 Å². The van der Waals surface area contributed by atoms with Crippen LogP contribution in [-0.2, 0) is 22.6 Å². The van der Waals surface area contributed by atoms with Crippen LogP contribution in [0.25, 0.3) is 11.0 Å². The number of amides is 1. The van der Waals surface area contributed by atoms with E-state index in [-0.39, 0.29) is 6.42 Å². The van der Waals surface area contributed by atoms with Crippen molar-refractivity contribution in [3.63, 3.8) is 0 Å². The summed E-state index contributed by atoms with van der Waals surface area (Å²) in [5.41, 5.74) is 1.49. The van der Waals surface area contributed by atoms with Crippen molar-refractivity contribution in [2.24, 2.45) is 0 Å². The zero-order valence-electron chi connectivity index (χ0n) is 21.5. The van der Waals surface area contributed by atoms with Crippen molar-refractivity contribution in [2.45, 2.75) is 71.3 Å². The van der Waals surface area contributed by atoms with Crippen molar-refractivity contribution in [1.29, 1.82) is 0 Å². The van der Waals surface area contributed by atoms with Crippen molar-refractivity contribution in [3.8, 4) is 0 Å². The summed E-state index contributed by atoms with van der Waals surface area (Å²) in [7, 11) is -1.20. The molecule has 11 heteroatoms. The Balaban J connectivity index is 1.88. The maximum absolute atomic E-state index is 13.9. The lowest BCUT2D eigenvalue weighted by Gasteiger charge is -2.24. The summed E-state index contributed by atoms with van der Waals surface area (Å²) in [6, 6.07) is 5.44. The highest BCUT2D eigenvalue weighted by molar-refractivity contribution is 9.10. The van der Waals surface area contributed by atoms with Gasteiger partial charge in [-0.15, -0.1) is 0 Å². The van der Waals surface area contributed by atoms with E-state index in [1.165, 1.54) is 12.1 Å². The standard InChI is InChI=1S/C25H33BrF2N4O3Si/c1-25(2,3)35-24(33)31-20(11-16-9-17(27)12-18(28)10-16)23-19(26)13-22-21(30-23)14-29-32(22)15-34-7-8-36(4,5)6/h9-10,12-14,20H,7-8,11,15H2,1-6H3,(H,31,33)/t20-/m0/s1. The summed E-state index contributed by atoms with van der Waals surface area (Å²) in [4.78, 5) is 17.3. The normalized spacial score (nSPS) is 13.1. The molecule has 2 heterocycles. The second-order valence-electron chi connectivity index (χ2n) is 10.9. The van der Waals surface area contributed by atoms with Gasteiger partial charge < -0.3 is 14.8 Å². The molecule has 0 spiro atoms. The minimum absolute atomic E-state index is 0.0962. The van der Waals surface area contributed by atoms with Crippen LogP contribution in [0.2, 0.25) is 25.7 Å². The van der Waals surface area contributed by atoms with Crippen molar-refractivity contribution >= 4 is 41.1 Å². The number of fused-ring (bicyclic) bond motifs is 1. The van der Waals surface area contributed by atoms with Crippen LogP contribution >= 0.6 is 15.9 Å². The molecule has 3 rings (SSSR count). The Kier molecular flexibility index (Phi) is 8.89. The molecular weight excluding hydrogens is 550 g/mol. The molecule has 7 nitrogen and oxygen atoms in total. The van der Waals surface area contributed by atoms with E-state index in [0.29, 0.717) is 34.6 Å². The summed E-state index contributed by atoms with van der Waals surface area (Å²) in [5.74, 6) is -1.39. The van der Waals surface area contributed by atoms with Gasteiger partial charge in [0.2, 0.25) is 0 Å². The molecule has 0 fully saturated rings. The molecular formula is C25H33BrF2N4O3Si. The van der Waals surface area contributed by atoms with Gasteiger partial charge in [0.15, 0.2) is 0 Å². The fraction of sp³-hybridized carbons (Fsp3) is 0.480. The van der Waals surface area contributed by atoms with Gasteiger partial charge in [0, 0.05) is 25.2 Å². The first kappa shape index (κ1) is 28.2. The quantitative estimate of drug-likeness (QED) is 0.227. The van der Waals surface area contributed by atoms with Crippen LogP contribution < -0.4 is 5.32 Å². The highest BCUT2D eigenvalue weighted by Crippen LogP contribution is 2.29. The van der Waals surface area contributed by atoms with Crippen molar-refractivity contribution in [2.75, 3.05) is 6.61 Å². The molecule has 0 aliphatic rings. The number of carbonyl (C=O) groups is 1. The molecule has 1 aromatic carbocycles. The Morgan fingerprint density at radius 1 is 1.17 bits per heavy atom. The lowest BCUT2D eigenvalue weighted by molar-refractivity contribution is 0.0502. The number of nitrogens with zero attached hydrogens (tertiary/aromatic N) is 3. The smallest absolute Gasteiger partial charge is 0.408 e. The molecule has 2 aromatic heterocycles. The number of pyridine rings is 1. The number of ether oxygens (including phenoxy) is 2. The first-order valence-corrected chi connectivity index (χ1v) is 16.2. The van der Waals surface area contributed by atoms with E-state index in [1.54, 1.807) is 31.6 Å². The molecule has 196 valence electrons. The number of nitrogens with one attached hydrogen (secondary N) is 1. The van der Waals surface area contributed by atoms with Crippen LogP contribution in [-0.4, -0.2) is 41.1 Å². The molecule has 0 saturated carbocycles. The molecule has 3 aromatic rings. The van der Waals surface area contributed by atoms with Gasteiger partial charge in [-0.3, -0.25) is 0 Å². The van der Waals surface area contributed by atoms with E-state index >= 15 is 0 Å². The third kappa shape index (κ3) is 8.34. The number of halogens is 3. The van der Waals surface area contributed by atoms with Crippen LogP contribution in [0.5, 0.6) is 0 Å². The molecule has 0 radical (unpaired) electrons. The summed E-state index contributed by atoms with van der Waals surface area (Å²) in [6.07, 6.45) is 1.06. The van der Waals surface area contributed by atoms with E-state index in [2.05, 4.69) is 46.0 Å². The highest BCUT2D eigenvalue weighted by Gasteiger charge is 2.25. The molecule has 1 atom stereocenters. The predicted octanol–water partition coefficient (Wildman–Crippen LogP) is 6.59. The van der Waals surface area contributed by atoms with Gasteiger partial charge in [-0.2, -0.15) is 5.10 Å². The van der Waals surface area contributed by atoms with E-state index in [0.717, 1.165) is 17.6 Å². The molecule has 0 unspecified atom stereocenters. The second-order valence-corrected chi connectivity index (χ2v) is 17.4. The van der Waals surface area contributed by atoms with E-state index in [1.807, 2.05) is 6.07 Å². The van der Waals surface area contributed by atoms with Gasteiger partial charge in [-0.25, -0.2) is 23.2 Å². The van der Waals surface area contributed by atoms with Gasteiger partial charge >= 0.3 is 6.09 Å². The maximum atomic E-state index is 13.9. The van der Waals surface area contributed by atoms with Crippen LogP contribution in [0.1, 0.15) is 38.1 Å². The van der Waals surface area contributed by atoms with Gasteiger partial charge in [0.05, 0.1) is 23.4 Å². The second kappa shape index (κ2) is 11.3. The number of hydrogen-bond acceptors (Lipinski definition) is 5. The fourth-order valence-corrected chi connectivity index (χ4v) is 4.84. The van der Waals surface area contributed by atoms with Gasteiger partial charge in [0.1, 0.15) is 29.5 Å². The van der Waals surface area contributed by atoms with Gasteiger partial charge in [-0.1, -0.05) is 19.6 Å². The third-order valence-corrected chi connectivity index (χ3v) is 7.54. The Bertz CT molecular complexity index is 1200. The van der Waals surface area contributed by atoms with E-state index < -0.39 is 37.4 Å². The third-order valence-electron chi connectivity index (χ3n) is 5.20. The molecule has 0 aliphatic carbocycles. The minimum Gasteiger partial charge on any atom is -0.444 e. The molecule has 1 amide bonds. The monoisotopic (exact) mass is 582 g/mol. The Labute approximate surface area is 219 Å². The summed E-state index contributed by atoms with van der Waals surface area (Å²) in [5, 5.41) is 7.19. The summed E-state index contributed by atoms with van der Waals surface area (Å²) in [6.45, 7) is 13.1. The zero-order valence-corrected chi connectivity index (χ0v) is 24.1. The predicted molar refractivity (Wildman–Crippen MR) is 142 cm³/mol. The van der Waals surface area contributed by atoms with Crippen LogP contribution in [0.3, 0.4) is 0 Å². The number of hydrogen-bond donors (Lipinski definition) is 1. The maximum Gasteiger partial charge on any atom is 0.408 e. The number of alkyl carbamates (subject to hydrolysis) is 1. The topological polar surface area (TPSA) is 78.3 Å². The number of benzene rings is 1. The van der Waals surface area contributed by atoms with Gasteiger partial charge in [0.25, 0.3) is 0 Å². The van der Waals surface area contributed by atoms with Crippen molar-refractivity contribution in [1.82, 2.24) is 20.1 Å².